The molecule has 13 heavy (non-hydrogen) atoms. The molecule has 1 aromatic carbocycles. The van der Waals surface area contributed by atoms with Gasteiger partial charge in [-0.15, -0.1) is 0 Å². The van der Waals surface area contributed by atoms with Crippen molar-refractivity contribution in [3.8, 4) is 0 Å². The summed E-state index contributed by atoms with van der Waals surface area (Å²) in [7, 11) is 0. The molecular formula is C10H10FNO. The van der Waals surface area contributed by atoms with E-state index in [4.69, 9.17) is 4.74 Å². The van der Waals surface area contributed by atoms with E-state index >= 15 is 0 Å². The van der Waals surface area contributed by atoms with E-state index in [0.29, 0.717) is 12.5 Å². The molecule has 0 bridgehead atoms. The zero-order valence-electron chi connectivity index (χ0n) is 7.16. The quantitative estimate of drug-likeness (QED) is 0.646. The molecule has 1 aromatic rings. The van der Waals surface area contributed by atoms with Crippen molar-refractivity contribution in [3.05, 3.63) is 35.6 Å². The molecule has 2 rings (SSSR count). The van der Waals surface area contributed by atoms with Gasteiger partial charge in [-0.25, -0.2) is 4.39 Å². The van der Waals surface area contributed by atoms with Gasteiger partial charge in [-0.05, 0) is 24.3 Å². The van der Waals surface area contributed by atoms with Crippen molar-refractivity contribution in [2.45, 2.75) is 6.42 Å². The molecule has 1 heterocycles. The van der Waals surface area contributed by atoms with Crippen LogP contribution in [0.5, 0.6) is 0 Å². The topological polar surface area (TPSA) is 21.6 Å². The summed E-state index contributed by atoms with van der Waals surface area (Å²) in [6, 6.07) is 6.19. The predicted molar refractivity (Wildman–Crippen MR) is 48.4 cm³/mol. The molecule has 0 aliphatic carbocycles. The first-order valence-corrected chi connectivity index (χ1v) is 4.29. The number of hydrogen-bond acceptors (Lipinski definition) is 2. The van der Waals surface area contributed by atoms with Gasteiger partial charge in [0.15, 0.2) is 0 Å². The maximum atomic E-state index is 12.6. The lowest BCUT2D eigenvalue weighted by Gasteiger charge is -2.13. The highest BCUT2D eigenvalue weighted by Crippen LogP contribution is 2.08. The van der Waals surface area contributed by atoms with Gasteiger partial charge in [0, 0.05) is 18.5 Å². The lowest BCUT2D eigenvalue weighted by atomic mass is 10.2. The Balaban J connectivity index is 2.24. The first kappa shape index (κ1) is 8.23. The van der Waals surface area contributed by atoms with Gasteiger partial charge in [-0.1, -0.05) is 0 Å². The van der Waals surface area contributed by atoms with Crippen LogP contribution in [0.2, 0.25) is 0 Å². The fraction of sp³-hybridized carbons (Fsp3) is 0.300. The molecule has 68 valence electrons. The lowest BCUT2D eigenvalue weighted by molar-refractivity contribution is 0.284. The second-order valence-corrected chi connectivity index (χ2v) is 2.90. The Bertz CT molecular complexity index is 318. The summed E-state index contributed by atoms with van der Waals surface area (Å²) in [6.07, 6.45) is 0.963. The van der Waals surface area contributed by atoms with Crippen LogP contribution >= 0.6 is 0 Å². The third-order valence-corrected chi connectivity index (χ3v) is 1.89. The molecule has 1 aliphatic heterocycles. The number of ether oxygens (including phenoxy) is 1. The van der Waals surface area contributed by atoms with E-state index in [1.165, 1.54) is 12.1 Å². The number of hydrogen-bond donors (Lipinski definition) is 0. The van der Waals surface area contributed by atoms with Crippen molar-refractivity contribution in [1.82, 2.24) is 0 Å². The summed E-state index contributed by atoms with van der Waals surface area (Å²) in [4.78, 5) is 4.20. The SMILES string of the molecule is Fc1ccc(C2=NCCCO2)cc1. The van der Waals surface area contributed by atoms with E-state index in [9.17, 15) is 4.39 Å². The van der Waals surface area contributed by atoms with Crippen molar-refractivity contribution in [2.75, 3.05) is 13.2 Å². The van der Waals surface area contributed by atoms with Gasteiger partial charge in [-0.2, -0.15) is 0 Å². The van der Waals surface area contributed by atoms with Gasteiger partial charge in [0.1, 0.15) is 5.82 Å². The Kier molecular flexibility index (Phi) is 2.25. The van der Waals surface area contributed by atoms with E-state index in [1.807, 2.05) is 0 Å². The average molecular weight is 179 g/mol. The van der Waals surface area contributed by atoms with E-state index < -0.39 is 0 Å². The van der Waals surface area contributed by atoms with E-state index in [1.54, 1.807) is 12.1 Å². The van der Waals surface area contributed by atoms with Crippen LogP contribution in [0.1, 0.15) is 12.0 Å². The predicted octanol–water partition coefficient (Wildman–Crippen LogP) is 1.99. The maximum Gasteiger partial charge on any atom is 0.216 e. The van der Waals surface area contributed by atoms with Crippen LogP contribution < -0.4 is 0 Å². The molecule has 0 N–H and O–H groups in total. The summed E-state index contributed by atoms with van der Waals surface area (Å²) in [5, 5.41) is 0. The summed E-state index contributed by atoms with van der Waals surface area (Å²) in [6.45, 7) is 1.50. The second-order valence-electron chi connectivity index (χ2n) is 2.90. The molecule has 0 spiro atoms. The highest BCUT2D eigenvalue weighted by Gasteiger charge is 2.08. The standard InChI is InChI=1S/C10H10FNO/c11-9-4-2-8(3-5-9)10-12-6-1-7-13-10/h2-5H,1,6-7H2. The largest absolute Gasteiger partial charge is 0.477 e. The Labute approximate surface area is 76.1 Å². The van der Waals surface area contributed by atoms with Crippen LogP contribution in [-0.2, 0) is 4.74 Å². The van der Waals surface area contributed by atoms with E-state index in [0.717, 1.165) is 18.5 Å². The van der Waals surface area contributed by atoms with Crippen molar-refractivity contribution in [1.29, 1.82) is 0 Å². The number of rotatable bonds is 1. The van der Waals surface area contributed by atoms with Crippen LogP contribution in [0, 0.1) is 5.82 Å². The monoisotopic (exact) mass is 179 g/mol. The summed E-state index contributed by atoms with van der Waals surface area (Å²) < 4.78 is 17.9. The van der Waals surface area contributed by atoms with Gasteiger partial charge in [0.2, 0.25) is 5.90 Å². The Morgan fingerprint density at radius 3 is 2.62 bits per heavy atom. The minimum atomic E-state index is -0.236. The lowest BCUT2D eigenvalue weighted by Crippen LogP contribution is -2.14. The molecule has 3 heteroatoms. The zero-order chi connectivity index (χ0) is 9.10. The Morgan fingerprint density at radius 1 is 1.23 bits per heavy atom. The number of halogens is 1. The van der Waals surface area contributed by atoms with Crippen LogP contribution in [0.25, 0.3) is 0 Å². The number of nitrogens with zero attached hydrogens (tertiary/aromatic N) is 1. The smallest absolute Gasteiger partial charge is 0.216 e. The summed E-state index contributed by atoms with van der Waals surface area (Å²) in [5.74, 6) is 0.395. The van der Waals surface area contributed by atoms with Crippen molar-refractivity contribution >= 4 is 5.90 Å². The Morgan fingerprint density at radius 2 is 2.00 bits per heavy atom. The minimum absolute atomic E-state index is 0.236. The van der Waals surface area contributed by atoms with Gasteiger partial charge in [-0.3, -0.25) is 4.99 Å². The summed E-state index contributed by atoms with van der Waals surface area (Å²) >= 11 is 0. The highest BCUT2D eigenvalue weighted by molar-refractivity contribution is 5.94. The third-order valence-electron chi connectivity index (χ3n) is 1.89. The van der Waals surface area contributed by atoms with E-state index in [2.05, 4.69) is 4.99 Å². The normalized spacial score (nSPS) is 16.2. The van der Waals surface area contributed by atoms with Crippen LogP contribution in [0.4, 0.5) is 4.39 Å². The molecule has 0 saturated heterocycles. The van der Waals surface area contributed by atoms with Crippen LogP contribution in [0.3, 0.4) is 0 Å². The molecule has 0 radical (unpaired) electrons. The summed E-state index contributed by atoms with van der Waals surface area (Å²) in [5.41, 5.74) is 0.848. The molecule has 2 nitrogen and oxygen atoms in total. The van der Waals surface area contributed by atoms with Crippen molar-refractivity contribution in [2.24, 2.45) is 4.99 Å². The van der Waals surface area contributed by atoms with Crippen molar-refractivity contribution in [3.63, 3.8) is 0 Å². The van der Waals surface area contributed by atoms with Gasteiger partial charge >= 0.3 is 0 Å². The molecule has 1 aliphatic rings. The average Bonchev–Trinajstić information content (AvgIpc) is 2.20. The van der Waals surface area contributed by atoms with Crippen LogP contribution in [0.15, 0.2) is 29.3 Å². The molecular weight excluding hydrogens is 169 g/mol. The zero-order valence-corrected chi connectivity index (χ0v) is 7.16. The second kappa shape index (κ2) is 3.56. The molecule has 0 unspecified atom stereocenters. The highest BCUT2D eigenvalue weighted by atomic mass is 19.1. The number of aliphatic imine (C=N–C) groups is 1. The van der Waals surface area contributed by atoms with Crippen molar-refractivity contribution < 1.29 is 9.13 Å². The van der Waals surface area contributed by atoms with Crippen LogP contribution in [-0.4, -0.2) is 19.0 Å². The van der Waals surface area contributed by atoms with Gasteiger partial charge in [0.25, 0.3) is 0 Å². The molecule has 0 atom stereocenters. The molecule has 0 amide bonds. The van der Waals surface area contributed by atoms with Gasteiger partial charge in [0.05, 0.1) is 6.61 Å². The first-order chi connectivity index (χ1) is 6.36. The third kappa shape index (κ3) is 1.86. The molecule has 0 saturated carbocycles. The first-order valence-electron chi connectivity index (χ1n) is 4.29. The number of benzene rings is 1. The fourth-order valence-electron chi connectivity index (χ4n) is 1.23. The minimum Gasteiger partial charge on any atom is -0.477 e. The van der Waals surface area contributed by atoms with E-state index in [-0.39, 0.29) is 5.82 Å². The molecule has 0 fully saturated rings. The molecule has 0 aromatic heterocycles. The maximum absolute atomic E-state index is 12.6. The Hall–Kier alpha value is -1.38. The van der Waals surface area contributed by atoms with Gasteiger partial charge < -0.3 is 4.74 Å². The fourth-order valence-corrected chi connectivity index (χ4v) is 1.23.